The zero-order valence-corrected chi connectivity index (χ0v) is 21.3. The van der Waals surface area contributed by atoms with Gasteiger partial charge in [0.1, 0.15) is 0 Å². The van der Waals surface area contributed by atoms with Crippen molar-refractivity contribution in [3.05, 3.63) is 71.8 Å². The maximum absolute atomic E-state index is 13.6. The number of amides is 1. The van der Waals surface area contributed by atoms with E-state index >= 15 is 0 Å². The van der Waals surface area contributed by atoms with Crippen LogP contribution in [0.1, 0.15) is 24.0 Å². The number of carboxylic acid groups (broad SMARTS) is 1. The average Bonchev–Trinajstić information content (AvgIpc) is 3.18. The second-order valence-corrected chi connectivity index (χ2v) is 11.0. The van der Waals surface area contributed by atoms with E-state index in [2.05, 4.69) is 0 Å². The SMILES string of the molecule is O=C(Cl)C[C@@]1(C(=O)O)CC(=O)CN1C(=O)C(Cc1ccccc1)SSC(=O)C(=O)Cc1ccccc1. The highest BCUT2D eigenvalue weighted by atomic mass is 35.5. The first kappa shape index (κ1) is 27.6. The molecule has 1 N–H and O–H groups in total. The second kappa shape index (κ2) is 12.3. The molecule has 2 aromatic carbocycles. The van der Waals surface area contributed by atoms with Crippen LogP contribution >= 0.6 is 33.2 Å². The number of halogens is 1. The largest absolute Gasteiger partial charge is 0.479 e. The highest BCUT2D eigenvalue weighted by molar-refractivity contribution is 8.83. The fraction of sp³-hybridized carbons (Fsp3) is 0.280. The lowest BCUT2D eigenvalue weighted by atomic mass is 9.91. The van der Waals surface area contributed by atoms with Crippen molar-refractivity contribution in [1.29, 1.82) is 0 Å². The Bertz CT molecular complexity index is 1180. The normalized spacial score (nSPS) is 18.0. The van der Waals surface area contributed by atoms with Crippen LogP contribution in [0.3, 0.4) is 0 Å². The Morgan fingerprint density at radius 1 is 0.972 bits per heavy atom. The Morgan fingerprint density at radius 3 is 2.11 bits per heavy atom. The fourth-order valence-corrected chi connectivity index (χ4v) is 6.32. The molecule has 1 heterocycles. The Kier molecular flexibility index (Phi) is 9.47. The third-order valence-electron chi connectivity index (χ3n) is 5.65. The minimum Gasteiger partial charge on any atom is -0.479 e. The third kappa shape index (κ3) is 6.83. The maximum atomic E-state index is 13.6. The van der Waals surface area contributed by atoms with Gasteiger partial charge in [-0.2, -0.15) is 0 Å². The summed E-state index contributed by atoms with van der Waals surface area (Å²) in [4.78, 5) is 75.5. The maximum Gasteiger partial charge on any atom is 0.330 e. The van der Waals surface area contributed by atoms with Crippen molar-refractivity contribution in [2.24, 2.45) is 0 Å². The van der Waals surface area contributed by atoms with Gasteiger partial charge in [0.05, 0.1) is 18.2 Å². The van der Waals surface area contributed by atoms with Gasteiger partial charge in [-0.25, -0.2) is 4.79 Å². The summed E-state index contributed by atoms with van der Waals surface area (Å²) in [5.74, 6) is -3.41. The van der Waals surface area contributed by atoms with Gasteiger partial charge in [-0.15, -0.1) is 0 Å². The molecule has 2 atom stereocenters. The Balaban J connectivity index is 1.82. The number of ketones is 2. The topological polar surface area (TPSA) is 126 Å². The van der Waals surface area contributed by atoms with E-state index in [1.54, 1.807) is 60.7 Å². The lowest BCUT2D eigenvalue weighted by molar-refractivity contribution is -0.157. The molecule has 3 rings (SSSR count). The van der Waals surface area contributed by atoms with Crippen LogP contribution in [-0.4, -0.2) is 61.1 Å². The number of nitrogens with zero attached hydrogens (tertiary/aromatic N) is 1. The molecule has 1 aliphatic rings. The van der Waals surface area contributed by atoms with Crippen LogP contribution in [-0.2, 0) is 41.6 Å². The van der Waals surface area contributed by atoms with Crippen LogP contribution in [0.5, 0.6) is 0 Å². The number of aliphatic carboxylic acids is 1. The monoisotopic (exact) mass is 547 g/mol. The van der Waals surface area contributed by atoms with Crippen molar-refractivity contribution in [1.82, 2.24) is 4.90 Å². The van der Waals surface area contributed by atoms with Crippen molar-refractivity contribution >= 4 is 67.0 Å². The van der Waals surface area contributed by atoms with Crippen LogP contribution < -0.4 is 0 Å². The first-order valence-corrected chi connectivity index (χ1v) is 13.4. The van der Waals surface area contributed by atoms with Gasteiger partial charge in [-0.1, -0.05) is 71.5 Å². The minimum absolute atomic E-state index is 0.0921. The predicted octanol–water partition coefficient (Wildman–Crippen LogP) is 3.10. The first-order chi connectivity index (χ1) is 17.1. The Labute approximate surface area is 220 Å². The number of carbonyl (C=O) groups is 6. The molecule has 1 saturated heterocycles. The van der Waals surface area contributed by atoms with E-state index in [0.717, 1.165) is 21.3 Å². The molecule has 1 unspecified atom stereocenters. The lowest BCUT2D eigenvalue weighted by Gasteiger charge is -2.34. The van der Waals surface area contributed by atoms with Crippen LogP contribution in [0.25, 0.3) is 0 Å². The molecule has 0 bridgehead atoms. The molecule has 11 heteroatoms. The summed E-state index contributed by atoms with van der Waals surface area (Å²) in [5, 5.41) is 7.12. The first-order valence-electron chi connectivity index (χ1n) is 10.9. The van der Waals surface area contributed by atoms with Crippen LogP contribution in [0.4, 0.5) is 0 Å². The van der Waals surface area contributed by atoms with E-state index in [1.165, 1.54) is 0 Å². The van der Waals surface area contributed by atoms with Gasteiger partial charge in [0, 0.05) is 12.8 Å². The quantitative estimate of drug-likeness (QED) is 0.256. The van der Waals surface area contributed by atoms with E-state index < -0.39 is 64.0 Å². The lowest BCUT2D eigenvalue weighted by Crippen LogP contribution is -2.56. The summed E-state index contributed by atoms with van der Waals surface area (Å²) in [5.41, 5.74) is -0.696. The van der Waals surface area contributed by atoms with Crippen LogP contribution in [0, 0.1) is 0 Å². The van der Waals surface area contributed by atoms with Crippen molar-refractivity contribution < 1.29 is 33.9 Å². The van der Waals surface area contributed by atoms with Gasteiger partial charge in [0.25, 0.3) is 5.12 Å². The molecule has 0 aliphatic carbocycles. The van der Waals surface area contributed by atoms with Crippen molar-refractivity contribution in [3.8, 4) is 0 Å². The van der Waals surface area contributed by atoms with E-state index in [-0.39, 0.29) is 12.8 Å². The van der Waals surface area contributed by atoms with Crippen LogP contribution in [0.15, 0.2) is 60.7 Å². The van der Waals surface area contributed by atoms with Gasteiger partial charge in [0.2, 0.25) is 16.9 Å². The Hall–Kier alpha value is -2.95. The standard InChI is InChI=1S/C25H22ClNO7S2/c26-21(30)14-25(24(33)34)13-18(28)15-27(25)22(31)20(12-17-9-5-2-6-10-17)35-36-23(32)19(29)11-16-7-3-1-4-8-16/h1-10,20H,11-15H2,(H,33,34)/t20?,25-/m1/s1. The number of carbonyl (C=O) groups excluding carboxylic acids is 5. The molecule has 36 heavy (non-hydrogen) atoms. The van der Waals surface area contributed by atoms with Crippen molar-refractivity contribution in [3.63, 3.8) is 0 Å². The van der Waals surface area contributed by atoms with Crippen molar-refractivity contribution in [2.75, 3.05) is 6.54 Å². The molecule has 8 nitrogen and oxygen atoms in total. The average molecular weight is 548 g/mol. The smallest absolute Gasteiger partial charge is 0.330 e. The molecule has 0 aromatic heterocycles. The predicted molar refractivity (Wildman–Crippen MR) is 136 cm³/mol. The van der Waals surface area contributed by atoms with Gasteiger partial charge in [-0.3, -0.25) is 24.0 Å². The third-order valence-corrected chi connectivity index (χ3v) is 8.30. The highest BCUT2D eigenvalue weighted by Crippen LogP contribution is 2.37. The number of hydrogen-bond donors (Lipinski definition) is 1. The number of rotatable bonds is 11. The van der Waals surface area contributed by atoms with E-state index in [4.69, 9.17) is 11.6 Å². The Morgan fingerprint density at radius 2 is 1.56 bits per heavy atom. The highest BCUT2D eigenvalue weighted by Gasteiger charge is 2.55. The van der Waals surface area contributed by atoms with E-state index in [1.807, 2.05) is 0 Å². The number of likely N-dealkylation sites (tertiary alicyclic amines) is 1. The zero-order chi connectivity index (χ0) is 26.3. The number of hydrogen-bond acceptors (Lipinski definition) is 8. The molecule has 2 aromatic rings. The van der Waals surface area contributed by atoms with Crippen molar-refractivity contribution in [2.45, 2.75) is 36.5 Å². The van der Waals surface area contributed by atoms with E-state index in [9.17, 15) is 33.9 Å². The summed E-state index contributed by atoms with van der Waals surface area (Å²) >= 11 is 5.48. The number of carboxylic acids is 1. The second-order valence-electron chi connectivity index (χ2n) is 8.24. The minimum atomic E-state index is -2.10. The molecule has 0 saturated carbocycles. The molecule has 1 fully saturated rings. The summed E-state index contributed by atoms with van der Waals surface area (Å²) in [6.45, 7) is -0.493. The van der Waals surface area contributed by atoms with Gasteiger partial charge < -0.3 is 10.0 Å². The molecular weight excluding hydrogens is 526 g/mol. The summed E-state index contributed by atoms with van der Waals surface area (Å²) in [7, 11) is 1.42. The number of benzene rings is 2. The van der Waals surface area contributed by atoms with Gasteiger partial charge in [-0.05, 0) is 39.9 Å². The summed E-state index contributed by atoms with van der Waals surface area (Å²) < 4.78 is 0. The van der Waals surface area contributed by atoms with Gasteiger partial charge >= 0.3 is 5.97 Å². The number of Topliss-reactive ketones (excluding diaryl/α,β-unsaturated/α-hetero) is 2. The summed E-state index contributed by atoms with van der Waals surface area (Å²) in [6, 6.07) is 17.6. The molecule has 188 valence electrons. The fourth-order valence-electron chi connectivity index (χ4n) is 3.91. The molecule has 0 radical (unpaired) electrons. The molecular formula is C25H22ClNO7S2. The molecule has 0 spiro atoms. The molecule has 1 aliphatic heterocycles. The summed E-state index contributed by atoms with van der Waals surface area (Å²) in [6.07, 6.45) is -1.26. The van der Waals surface area contributed by atoms with E-state index in [0.29, 0.717) is 16.4 Å². The van der Waals surface area contributed by atoms with Gasteiger partial charge in [0.15, 0.2) is 11.3 Å². The van der Waals surface area contributed by atoms with Crippen LogP contribution in [0.2, 0.25) is 0 Å². The molecule has 1 amide bonds. The zero-order valence-electron chi connectivity index (χ0n) is 18.9.